The van der Waals surface area contributed by atoms with Crippen molar-refractivity contribution in [1.82, 2.24) is 9.80 Å². The largest absolute Gasteiger partial charge is 0.383 e. The lowest BCUT2D eigenvalue weighted by Gasteiger charge is -2.51. The molecule has 2 atom stereocenters. The van der Waals surface area contributed by atoms with Crippen LogP contribution in [0.15, 0.2) is 0 Å². The first kappa shape index (κ1) is 15.9. The third kappa shape index (κ3) is 3.67. The van der Waals surface area contributed by atoms with Crippen molar-refractivity contribution < 1.29 is 4.74 Å². The van der Waals surface area contributed by atoms with Crippen molar-refractivity contribution in [3.8, 4) is 0 Å². The maximum absolute atomic E-state index is 6.16. The fourth-order valence-electron chi connectivity index (χ4n) is 3.19. The molecular formula is C14H31N3O. The lowest BCUT2D eigenvalue weighted by Crippen LogP contribution is -2.64. The van der Waals surface area contributed by atoms with Crippen LogP contribution in [0.25, 0.3) is 0 Å². The van der Waals surface area contributed by atoms with E-state index in [0.717, 1.165) is 32.7 Å². The predicted octanol–water partition coefficient (Wildman–Crippen LogP) is 1.16. The molecule has 0 aromatic heterocycles. The summed E-state index contributed by atoms with van der Waals surface area (Å²) < 4.78 is 5.28. The maximum atomic E-state index is 6.16. The zero-order valence-electron chi connectivity index (χ0n) is 12.6. The van der Waals surface area contributed by atoms with Gasteiger partial charge >= 0.3 is 0 Å². The van der Waals surface area contributed by atoms with Gasteiger partial charge in [-0.05, 0) is 39.8 Å². The number of likely N-dealkylation sites (tertiary alicyclic amines) is 1. The molecule has 4 heteroatoms. The molecule has 1 aliphatic heterocycles. The fraction of sp³-hybridized carbons (Fsp3) is 1.00. The van der Waals surface area contributed by atoms with Crippen LogP contribution in [-0.4, -0.2) is 68.3 Å². The van der Waals surface area contributed by atoms with E-state index < -0.39 is 0 Å². The normalized spacial score (nSPS) is 27.7. The van der Waals surface area contributed by atoms with Gasteiger partial charge in [-0.15, -0.1) is 0 Å². The summed E-state index contributed by atoms with van der Waals surface area (Å²) in [7, 11) is 3.98. The van der Waals surface area contributed by atoms with E-state index in [4.69, 9.17) is 10.5 Å². The molecule has 1 aliphatic rings. The highest BCUT2D eigenvalue weighted by atomic mass is 16.5. The average Bonchev–Trinajstić information content (AvgIpc) is 2.38. The van der Waals surface area contributed by atoms with Gasteiger partial charge in [0.1, 0.15) is 0 Å². The van der Waals surface area contributed by atoms with Crippen LogP contribution < -0.4 is 5.73 Å². The Kier molecular flexibility index (Phi) is 6.57. The molecule has 1 fully saturated rings. The molecule has 0 saturated carbocycles. The SMILES string of the molecule is CCC(C)N(CCOC)C1(CN)CCCN(C)C1. The van der Waals surface area contributed by atoms with Crippen molar-refractivity contribution in [2.24, 2.45) is 5.73 Å². The highest BCUT2D eigenvalue weighted by Gasteiger charge is 2.40. The molecule has 0 aliphatic carbocycles. The summed E-state index contributed by atoms with van der Waals surface area (Å²) in [6, 6.07) is 0.565. The first-order valence-electron chi connectivity index (χ1n) is 7.24. The summed E-state index contributed by atoms with van der Waals surface area (Å²) in [4.78, 5) is 5.00. The van der Waals surface area contributed by atoms with Crippen molar-refractivity contribution in [3.63, 3.8) is 0 Å². The van der Waals surface area contributed by atoms with Crippen LogP contribution in [0.4, 0.5) is 0 Å². The van der Waals surface area contributed by atoms with Crippen LogP contribution in [0.2, 0.25) is 0 Å². The number of methoxy groups -OCH3 is 1. The number of ether oxygens (including phenoxy) is 1. The van der Waals surface area contributed by atoms with E-state index in [0.29, 0.717) is 6.04 Å². The van der Waals surface area contributed by atoms with E-state index >= 15 is 0 Å². The van der Waals surface area contributed by atoms with E-state index in [2.05, 4.69) is 30.7 Å². The molecule has 2 unspecified atom stereocenters. The van der Waals surface area contributed by atoms with Gasteiger partial charge in [-0.1, -0.05) is 6.92 Å². The Balaban J connectivity index is 2.83. The summed E-state index contributed by atoms with van der Waals surface area (Å²) in [5.41, 5.74) is 6.30. The van der Waals surface area contributed by atoms with Crippen molar-refractivity contribution in [2.45, 2.75) is 44.7 Å². The number of likely N-dealkylation sites (N-methyl/N-ethyl adjacent to an activating group) is 1. The molecule has 0 radical (unpaired) electrons. The van der Waals surface area contributed by atoms with Crippen LogP contribution in [0.1, 0.15) is 33.1 Å². The van der Waals surface area contributed by atoms with Crippen molar-refractivity contribution >= 4 is 0 Å². The first-order chi connectivity index (χ1) is 8.59. The number of hydrogen-bond acceptors (Lipinski definition) is 4. The van der Waals surface area contributed by atoms with Gasteiger partial charge in [0.2, 0.25) is 0 Å². The van der Waals surface area contributed by atoms with Gasteiger partial charge in [0.05, 0.1) is 6.61 Å². The second-order valence-corrected chi connectivity index (χ2v) is 5.71. The molecule has 0 spiro atoms. The quantitative estimate of drug-likeness (QED) is 0.743. The molecule has 2 N–H and O–H groups in total. The number of rotatable bonds is 7. The van der Waals surface area contributed by atoms with Gasteiger partial charge in [0, 0.05) is 38.3 Å². The maximum Gasteiger partial charge on any atom is 0.0590 e. The Labute approximate surface area is 112 Å². The third-order valence-corrected chi connectivity index (χ3v) is 4.39. The Morgan fingerprint density at radius 2 is 2.22 bits per heavy atom. The average molecular weight is 257 g/mol. The number of nitrogens with two attached hydrogens (primary N) is 1. The highest BCUT2D eigenvalue weighted by molar-refractivity contribution is 4.98. The predicted molar refractivity (Wildman–Crippen MR) is 76.9 cm³/mol. The summed E-state index contributed by atoms with van der Waals surface area (Å²) >= 11 is 0. The van der Waals surface area contributed by atoms with Gasteiger partial charge in [-0.3, -0.25) is 4.90 Å². The van der Waals surface area contributed by atoms with E-state index in [1.165, 1.54) is 19.4 Å². The van der Waals surface area contributed by atoms with Crippen molar-refractivity contribution in [1.29, 1.82) is 0 Å². The monoisotopic (exact) mass is 257 g/mol. The van der Waals surface area contributed by atoms with E-state index in [1.54, 1.807) is 7.11 Å². The Hall–Kier alpha value is -0.160. The van der Waals surface area contributed by atoms with Crippen LogP contribution in [0.3, 0.4) is 0 Å². The van der Waals surface area contributed by atoms with Gasteiger partial charge in [0.15, 0.2) is 0 Å². The summed E-state index contributed by atoms with van der Waals surface area (Å²) in [6.45, 7) is 9.35. The van der Waals surface area contributed by atoms with Crippen molar-refractivity contribution in [3.05, 3.63) is 0 Å². The summed E-state index contributed by atoms with van der Waals surface area (Å²) in [5, 5.41) is 0. The molecule has 1 heterocycles. The van der Waals surface area contributed by atoms with E-state index in [9.17, 15) is 0 Å². The minimum Gasteiger partial charge on any atom is -0.383 e. The molecule has 0 aromatic carbocycles. The summed E-state index contributed by atoms with van der Waals surface area (Å²) in [5.74, 6) is 0. The summed E-state index contributed by atoms with van der Waals surface area (Å²) in [6.07, 6.45) is 3.62. The van der Waals surface area contributed by atoms with Gasteiger partial charge in [0.25, 0.3) is 0 Å². The van der Waals surface area contributed by atoms with E-state index in [-0.39, 0.29) is 5.54 Å². The molecular weight excluding hydrogens is 226 g/mol. The standard InChI is InChI=1S/C14H31N3O/c1-5-13(2)17(9-10-18-4)14(11-15)7-6-8-16(3)12-14/h13H,5-12,15H2,1-4H3. The lowest BCUT2D eigenvalue weighted by molar-refractivity contribution is -0.0153. The Morgan fingerprint density at radius 3 is 2.72 bits per heavy atom. The Bertz CT molecular complexity index is 237. The number of nitrogens with zero attached hydrogens (tertiary/aromatic N) is 2. The second-order valence-electron chi connectivity index (χ2n) is 5.71. The van der Waals surface area contributed by atoms with Crippen LogP contribution in [0, 0.1) is 0 Å². The molecule has 4 nitrogen and oxygen atoms in total. The van der Waals surface area contributed by atoms with Gasteiger partial charge in [-0.25, -0.2) is 0 Å². The molecule has 1 rings (SSSR count). The second kappa shape index (κ2) is 7.43. The first-order valence-corrected chi connectivity index (χ1v) is 7.24. The third-order valence-electron chi connectivity index (χ3n) is 4.39. The van der Waals surface area contributed by atoms with E-state index in [1.807, 2.05) is 0 Å². The zero-order chi connectivity index (χ0) is 13.6. The molecule has 18 heavy (non-hydrogen) atoms. The van der Waals surface area contributed by atoms with Crippen molar-refractivity contribution in [2.75, 3.05) is 46.9 Å². The molecule has 0 amide bonds. The zero-order valence-corrected chi connectivity index (χ0v) is 12.6. The van der Waals surface area contributed by atoms with Gasteiger partial charge in [-0.2, -0.15) is 0 Å². The highest BCUT2D eigenvalue weighted by Crippen LogP contribution is 2.28. The van der Waals surface area contributed by atoms with Crippen LogP contribution in [-0.2, 0) is 4.74 Å². The number of piperidine rings is 1. The van der Waals surface area contributed by atoms with Crippen LogP contribution >= 0.6 is 0 Å². The minimum atomic E-state index is 0.140. The van der Waals surface area contributed by atoms with Crippen LogP contribution in [0.5, 0.6) is 0 Å². The Morgan fingerprint density at radius 1 is 1.50 bits per heavy atom. The van der Waals surface area contributed by atoms with Gasteiger partial charge < -0.3 is 15.4 Å². The topological polar surface area (TPSA) is 41.7 Å². The minimum absolute atomic E-state index is 0.140. The molecule has 0 bridgehead atoms. The smallest absolute Gasteiger partial charge is 0.0590 e. The lowest BCUT2D eigenvalue weighted by atomic mass is 9.85. The molecule has 0 aromatic rings. The number of hydrogen-bond donors (Lipinski definition) is 1. The fourth-order valence-corrected chi connectivity index (χ4v) is 3.19. The molecule has 108 valence electrons. The molecule has 1 saturated heterocycles.